The zero-order valence-corrected chi connectivity index (χ0v) is 18.6. The van der Waals surface area contributed by atoms with Crippen LogP contribution < -0.4 is 21.7 Å². The number of nitrogens with zero attached hydrogens (tertiary/aromatic N) is 2. The zero-order chi connectivity index (χ0) is 23.5. The number of aromatic nitrogens is 2. The number of carbonyl (C=O) groups is 2. The summed E-state index contributed by atoms with van der Waals surface area (Å²) in [6.07, 6.45) is 2.71. The van der Waals surface area contributed by atoms with Gasteiger partial charge in [-0.25, -0.2) is 14.2 Å². The predicted molar refractivity (Wildman–Crippen MR) is 116 cm³/mol. The van der Waals surface area contributed by atoms with Crippen LogP contribution in [0.2, 0.25) is 0 Å². The highest BCUT2D eigenvalue weighted by Crippen LogP contribution is 2.27. The molecule has 0 unspecified atom stereocenters. The van der Waals surface area contributed by atoms with Crippen LogP contribution in [0.15, 0.2) is 16.7 Å². The van der Waals surface area contributed by atoms with Gasteiger partial charge < -0.3 is 30.9 Å². The van der Waals surface area contributed by atoms with Crippen molar-refractivity contribution in [3.05, 3.63) is 29.2 Å². The van der Waals surface area contributed by atoms with E-state index in [1.54, 1.807) is 33.8 Å². The third kappa shape index (κ3) is 6.08. The van der Waals surface area contributed by atoms with Crippen molar-refractivity contribution < 1.29 is 23.2 Å². The molecule has 0 radical (unpaired) electrons. The molecule has 1 aliphatic rings. The van der Waals surface area contributed by atoms with Crippen molar-refractivity contribution in [3.63, 3.8) is 0 Å². The fraction of sp³-hybridized carbons (Fsp3) is 0.524. The maximum Gasteiger partial charge on any atom is 0.407 e. The molecule has 2 heterocycles. The molecule has 2 amide bonds. The Balaban J connectivity index is 1.81. The van der Waals surface area contributed by atoms with Crippen molar-refractivity contribution in [2.75, 3.05) is 10.6 Å². The lowest BCUT2D eigenvalue weighted by Crippen LogP contribution is -2.50. The lowest BCUT2D eigenvalue weighted by atomic mass is 9.90. The molecule has 2 atom stereocenters. The van der Waals surface area contributed by atoms with Gasteiger partial charge in [-0.2, -0.15) is 0 Å². The second kappa shape index (κ2) is 9.41. The number of carbonyl (C=O) groups excluding carboxylic acids is 2. The molecule has 0 aliphatic heterocycles. The van der Waals surface area contributed by atoms with E-state index in [0.29, 0.717) is 18.5 Å². The SMILES string of the molecule is Cc1cc(Nc2nc(N[C@@H]3CCCC[C@@H]3NC(=O)OC(C)(C)C)c(F)cc2C(N)=O)on1. The van der Waals surface area contributed by atoms with E-state index in [4.69, 9.17) is 15.0 Å². The van der Waals surface area contributed by atoms with Gasteiger partial charge in [0.25, 0.3) is 5.91 Å². The van der Waals surface area contributed by atoms with Gasteiger partial charge in [-0.05, 0) is 46.6 Å². The summed E-state index contributed by atoms with van der Waals surface area (Å²) in [6.45, 7) is 7.09. The number of amides is 2. The summed E-state index contributed by atoms with van der Waals surface area (Å²) >= 11 is 0. The maximum absolute atomic E-state index is 14.8. The van der Waals surface area contributed by atoms with Gasteiger partial charge in [-0.1, -0.05) is 18.0 Å². The topological polar surface area (TPSA) is 144 Å². The quantitative estimate of drug-likeness (QED) is 0.524. The van der Waals surface area contributed by atoms with Crippen molar-refractivity contribution in [2.45, 2.75) is 71.1 Å². The molecule has 2 aromatic heterocycles. The van der Waals surface area contributed by atoms with Crippen LogP contribution >= 0.6 is 0 Å². The highest BCUT2D eigenvalue weighted by Gasteiger charge is 2.30. The number of primary amides is 1. The standard InChI is InChI=1S/C21H29FN6O4/c1-11-9-16(32-28-11)26-18-12(17(23)29)10-13(22)19(27-18)24-14-7-5-6-8-15(14)25-20(30)31-21(2,3)4/h9-10,14-15H,5-8H2,1-4H3,(H2,23,29)(H,25,30)(H2,24,26,27)/t14-,15+/m1/s1. The van der Waals surface area contributed by atoms with E-state index in [1.807, 2.05) is 0 Å². The number of halogens is 1. The minimum absolute atomic E-state index is 0.0324. The van der Waals surface area contributed by atoms with Crippen LogP contribution in [0.25, 0.3) is 0 Å². The largest absolute Gasteiger partial charge is 0.444 e. The second-order valence-electron chi connectivity index (χ2n) is 8.82. The number of alkyl carbamates (subject to hydrolysis) is 1. The van der Waals surface area contributed by atoms with Crippen molar-refractivity contribution >= 4 is 29.5 Å². The van der Waals surface area contributed by atoms with Crippen LogP contribution in [0, 0.1) is 12.7 Å². The number of hydrogen-bond acceptors (Lipinski definition) is 8. The second-order valence-corrected chi connectivity index (χ2v) is 8.82. The summed E-state index contributed by atoms with van der Waals surface area (Å²) in [6, 6.07) is 2.06. The first-order chi connectivity index (χ1) is 15.0. The van der Waals surface area contributed by atoms with Crippen LogP contribution in [0.4, 0.5) is 26.7 Å². The van der Waals surface area contributed by atoms with E-state index in [-0.39, 0.29) is 35.2 Å². The Hall–Kier alpha value is -3.37. The van der Waals surface area contributed by atoms with E-state index in [2.05, 4.69) is 26.1 Å². The Morgan fingerprint density at radius 3 is 2.47 bits per heavy atom. The molecule has 10 nitrogen and oxygen atoms in total. The van der Waals surface area contributed by atoms with E-state index in [0.717, 1.165) is 18.9 Å². The van der Waals surface area contributed by atoms with Gasteiger partial charge in [-0.3, -0.25) is 4.79 Å². The molecule has 5 N–H and O–H groups in total. The highest BCUT2D eigenvalue weighted by atomic mass is 19.1. The Kier molecular flexibility index (Phi) is 6.85. The van der Waals surface area contributed by atoms with Gasteiger partial charge in [0.1, 0.15) is 11.4 Å². The molecule has 0 aromatic carbocycles. The molecule has 3 rings (SSSR count). The van der Waals surface area contributed by atoms with Crippen molar-refractivity contribution in [3.8, 4) is 0 Å². The Morgan fingerprint density at radius 2 is 1.88 bits per heavy atom. The number of ether oxygens (including phenoxy) is 1. The summed E-state index contributed by atoms with van der Waals surface area (Å²) in [5, 5.41) is 12.5. The highest BCUT2D eigenvalue weighted by molar-refractivity contribution is 5.98. The van der Waals surface area contributed by atoms with Gasteiger partial charge in [0, 0.05) is 12.1 Å². The molecule has 1 aliphatic carbocycles. The summed E-state index contributed by atoms with van der Waals surface area (Å²) < 4.78 is 25.2. The Bertz CT molecular complexity index is 987. The Morgan fingerprint density at radius 1 is 1.19 bits per heavy atom. The van der Waals surface area contributed by atoms with Gasteiger partial charge in [0.05, 0.1) is 17.3 Å². The summed E-state index contributed by atoms with van der Waals surface area (Å²) in [4.78, 5) is 28.3. The van der Waals surface area contributed by atoms with Crippen LogP contribution in [0.5, 0.6) is 0 Å². The normalized spacial score (nSPS) is 18.7. The number of pyridine rings is 1. The summed E-state index contributed by atoms with van der Waals surface area (Å²) in [5.74, 6) is -1.39. The van der Waals surface area contributed by atoms with Crippen molar-refractivity contribution in [1.82, 2.24) is 15.5 Å². The first-order valence-corrected chi connectivity index (χ1v) is 10.5. The average molecular weight is 448 g/mol. The molecule has 1 fully saturated rings. The first kappa shape index (κ1) is 23.3. The number of rotatable bonds is 6. The lowest BCUT2D eigenvalue weighted by Gasteiger charge is -2.33. The van der Waals surface area contributed by atoms with E-state index in [9.17, 15) is 14.0 Å². The van der Waals surface area contributed by atoms with Crippen LogP contribution in [-0.2, 0) is 4.74 Å². The van der Waals surface area contributed by atoms with Crippen molar-refractivity contribution in [1.29, 1.82) is 0 Å². The third-order valence-electron chi connectivity index (χ3n) is 4.90. The molecule has 1 saturated carbocycles. The van der Waals surface area contributed by atoms with Crippen molar-refractivity contribution in [2.24, 2.45) is 5.73 Å². The fourth-order valence-electron chi connectivity index (χ4n) is 3.52. The van der Waals surface area contributed by atoms with E-state index in [1.165, 1.54) is 0 Å². The third-order valence-corrected chi connectivity index (χ3v) is 4.90. The van der Waals surface area contributed by atoms with Gasteiger partial charge >= 0.3 is 6.09 Å². The van der Waals surface area contributed by atoms with Crippen LogP contribution in [0.1, 0.15) is 62.5 Å². The van der Waals surface area contributed by atoms with Crippen LogP contribution in [-0.4, -0.2) is 39.8 Å². The minimum Gasteiger partial charge on any atom is -0.444 e. The van der Waals surface area contributed by atoms with Gasteiger partial charge in [-0.15, -0.1) is 0 Å². The molecule has 0 bridgehead atoms. The van der Waals surface area contributed by atoms with E-state index < -0.39 is 23.4 Å². The fourth-order valence-corrected chi connectivity index (χ4v) is 3.52. The average Bonchev–Trinajstić information content (AvgIpc) is 3.08. The molecule has 32 heavy (non-hydrogen) atoms. The molecule has 174 valence electrons. The number of nitrogens with two attached hydrogens (primary N) is 1. The molecule has 0 saturated heterocycles. The van der Waals surface area contributed by atoms with Gasteiger partial charge in [0.15, 0.2) is 11.6 Å². The summed E-state index contributed by atoms with van der Waals surface area (Å²) in [7, 11) is 0. The minimum atomic E-state index is -0.844. The Labute approximate surface area is 185 Å². The number of nitrogens with one attached hydrogen (secondary N) is 3. The molecule has 0 spiro atoms. The van der Waals surface area contributed by atoms with Gasteiger partial charge in [0.2, 0.25) is 5.88 Å². The molecular formula is C21H29FN6O4. The summed E-state index contributed by atoms with van der Waals surface area (Å²) in [5.41, 5.74) is 5.25. The monoisotopic (exact) mass is 448 g/mol. The van der Waals surface area contributed by atoms with E-state index >= 15 is 0 Å². The first-order valence-electron chi connectivity index (χ1n) is 10.5. The predicted octanol–water partition coefficient (Wildman–Crippen LogP) is 3.61. The smallest absolute Gasteiger partial charge is 0.407 e. The lowest BCUT2D eigenvalue weighted by molar-refractivity contribution is 0.0488. The molecule has 11 heteroatoms. The maximum atomic E-state index is 14.8. The number of hydrogen-bond donors (Lipinski definition) is 4. The zero-order valence-electron chi connectivity index (χ0n) is 18.6. The number of aryl methyl sites for hydroxylation is 1. The molecular weight excluding hydrogens is 419 g/mol. The van der Waals surface area contributed by atoms with Crippen LogP contribution in [0.3, 0.4) is 0 Å². The molecule has 2 aromatic rings. The number of anilines is 3.